The van der Waals surface area contributed by atoms with Crippen LogP contribution in [0, 0.1) is 5.92 Å². The number of hydrogen-bond donors (Lipinski definition) is 2. The molecular formula is C13H22N4O2. The van der Waals surface area contributed by atoms with Gasteiger partial charge in [-0.2, -0.15) is 5.10 Å². The molecular weight excluding hydrogens is 244 g/mol. The van der Waals surface area contributed by atoms with Gasteiger partial charge in [0, 0.05) is 13.0 Å². The number of carboxylic acid groups (broad SMARTS) is 1. The van der Waals surface area contributed by atoms with Crippen molar-refractivity contribution in [2.24, 2.45) is 5.92 Å². The predicted octanol–water partition coefficient (Wildman–Crippen LogP) is 1.91. The van der Waals surface area contributed by atoms with Gasteiger partial charge in [-0.05, 0) is 18.8 Å². The number of carbonyl (C=O) groups is 1. The third-order valence-electron chi connectivity index (χ3n) is 3.10. The molecule has 0 saturated carbocycles. The van der Waals surface area contributed by atoms with E-state index in [2.05, 4.69) is 20.5 Å². The summed E-state index contributed by atoms with van der Waals surface area (Å²) in [6.45, 7) is 6.59. The van der Waals surface area contributed by atoms with Gasteiger partial charge >= 0.3 is 5.97 Å². The Morgan fingerprint density at radius 1 is 1.21 bits per heavy atom. The predicted molar refractivity (Wildman–Crippen MR) is 73.1 cm³/mol. The van der Waals surface area contributed by atoms with E-state index in [1.165, 1.54) is 0 Å². The van der Waals surface area contributed by atoms with Crippen molar-refractivity contribution in [3.05, 3.63) is 11.4 Å². The second-order valence-electron chi connectivity index (χ2n) is 4.49. The summed E-state index contributed by atoms with van der Waals surface area (Å²) in [5, 5.41) is 20.0. The van der Waals surface area contributed by atoms with E-state index in [1.54, 1.807) is 0 Å². The van der Waals surface area contributed by atoms with Crippen LogP contribution < -0.4 is 5.32 Å². The van der Waals surface area contributed by atoms with Crippen LogP contribution in [0.5, 0.6) is 0 Å². The minimum atomic E-state index is -0.775. The van der Waals surface area contributed by atoms with E-state index < -0.39 is 5.97 Å². The lowest BCUT2D eigenvalue weighted by molar-refractivity contribution is -0.138. The molecule has 1 unspecified atom stereocenters. The van der Waals surface area contributed by atoms with Gasteiger partial charge in [0.1, 0.15) is 0 Å². The molecule has 0 amide bonds. The van der Waals surface area contributed by atoms with Crippen molar-refractivity contribution in [1.29, 1.82) is 0 Å². The van der Waals surface area contributed by atoms with E-state index in [9.17, 15) is 4.79 Å². The van der Waals surface area contributed by atoms with Gasteiger partial charge in [0.05, 0.1) is 11.4 Å². The monoisotopic (exact) mass is 266 g/mol. The Morgan fingerprint density at radius 2 is 1.89 bits per heavy atom. The summed E-state index contributed by atoms with van der Waals surface area (Å²) in [4.78, 5) is 15.1. The van der Waals surface area contributed by atoms with Crippen LogP contribution in [0.1, 0.15) is 45.0 Å². The molecule has 0 aromatic carbocycles. The van der Waals surface area contributed by atoms with Crippen molar-refractivity contribution < 1.29 is 9.90 Å². The van der Waals surface area contributed by atoms with E-state index in [1.807, 2.05) is 20.8 Å². The molecule has 1 heterocycles. The van der Waals surface area contributed by atoms with Crippen LogP contribution in [-0.2, 0) is 17.6 Å². The maximum absolute atomic E-state index is 10.7. The molecule has 0 aliphatic heterocycles. The number of carboxylic acids is 1. The molecule has 0 spiro atoms. The number of aliphatic carboxylic acids is 1. The van der Waals surface area contributed by atoms with Crippen molar-refractivity contribution in [3.63, 3.8) is 0 Å². The van der Waals surface area contributed by atoms with Crippen molar-refractivity contribution in [1.82, 2.24) is 15.2 Å². The highest BCUT2D eigenvalue weighted by Gasteiger charge is 2.12. The van der Waals surface area contributed by atoms with Crippen molar-refractivity contribution in [2.45, 2.75) is 46.5 Å². The number of aromatic nitrogens is 3. The number of anilines is 1. The molecule has 2 N–H and O–H groups in total. The van der Waals surface area contributed by atoms with Crippen LogP contribution in [0.25, 0.3) is 0 Å². The first-order valence-corrected chi connectivity index (χ1v) is 6.78. The zero-order valence-electron chi connectivity index (χ0n) is 11.8. The first kappa shape index (κ1) is 15.3. The maximum atomic E-state index is 10.7. The molecule has 1 aromatic heterocycles. The smallest absolute Gasteiger partial charge is 0.303 e. The van der Waals surface area contributed by atoms with Gasteiger partial charge in [-0.25, -0.2) is 4.98 Å². The average molecular weight is 266 g/mol. The minimum Gasteiger partial charge on any atom is -0.481 e. The summed E-state index contributed by atoms with van der Waals surface area (Å²) in [6, 6.07) is 0. The second kappa shape index (κ2) is 7.66. The molecule has 6 heteroatoms. The van der Waals surface area contributed by atoms with Crippen LogP contribution in [0.3, 0.4) is 0 Å². The zero-order chi connectivity index (χ0) is 14.3. The summed E-state index contributed by atoms with van der Waals surface area (Å²) in [6.07, 6.45) is 2.60. The van der Waals surface area contributed by atoms with Gasteiger partial charge in [-0.1, -0.05) is 27.2 Å². The normalized spacial score (nSPS) is 12.2. The molecule has 106 valence electrons. The lowest BCUT2D eigenvalue weighted by Gasteiger charge is -2.13. The van der Waals surface area contributed by atoms with Crippen LogP contribution in [-0.4, -0.2) is 32.8 Å². The molecule has 6 nitrogen and oxygen atoms in total. The lowest BCUT2D eigenvalue weighted by atomic mass is 10.0. The topological polar surface area (TPSA) is 88.0 Å². The molecule has 0 aliphatic carbocycles. The Morgan fingerprint density at radius 3 is 2.42 bits per heavy atom. The quantitative estimate of drug-likeness (QED) is 0.747. The first-order chi connectivity index (χ1) is 9.10. The summed E-state index contributed by atoms with van der Waals surface area (Å²) < 4.78 is 0. The highest BCUT2D eigenvalue weighted by molar-refractivity contribution is 5.67. The van der Waals surface area contributed by atoms with Crippen LogP contribution in [0.4, 0.5) is 5.95 Å². The summed E-state index contributed by atoms with van der Waals surface area (Å²) in [5.41, 5.74) is 1.87. The third-order valence-corrected chi connectivity index (χ3v) is 3.10. The van der Waals surface area contributed by atoms with Gasteiger partial charge in [-0.15, -0.1) is 5.10 Å². The summed E-state index contributed by atoms with van der Waals surface area (Å²) >= 11 is 0. The van der Waals surface area contributed by atoms with Gasteiger partial charge in [0.25, 0.3) is 0 Å². The molecule has 0 aliphatic rings. The Balaban J connectivity index is 2.64. The lowest BCUT2D eigenvalue weighted by Crippen LogP contribution is -2.19. The fourth-order valence-corrected chi connectivity index (χ4v) is 1.86. The van der Waals surface area contributed by atoms with E-state index in [4.69, 9.17) is 5.11 Å². The molecule has 19 heavy (non-hydrogen) atoms. The highest BCUT2D eigenvalue weighted by atomic mass is 16.4. The number of hydrogen-bond acceptors (Lipinski definition) is 5. The molecule has 0 saturated heterocycles. The first-order valence-electron chi connectivity index (χ1n) is 6.78. The molecule has 1 aromatic rings. The molecule has 1 rings (SSSR count). The van der Waals surface area contributed by atoms with Crippen LogP contribution in [0.15, 0.2) is 0 Å². The zero-order valence-corrected chi connectivity index (χ0v) is 11.8. The van der Waals surface area contributed by atoms with Crippen LogP contribution >= 0.6 is 0 Å². The molecule has 0 fully saturated rings. The Labute approximate surface area is 113 Å². The second-order valence-corrected chi connectivity index (χ2v) is 4.49. The minimum absolute atomic E-state index is 0.0806. The maximum Gasteiger partial charge on any atom is 0.303 e. The van der Waals surface area contributed by atoms with Crippen molar-refractivity contribution >= 4 is 11.9 Å². The van der Waals surface area contributed by atoms with Crippen molar-refractivity contribution in [2.75, 3.05) is 11.9 Å². The van der Waals surface area contributed by atoms with Gasteiger partial charge < -0.3 is 10.4 Å². The fraction of sp³-hybridized carbons (Fsp3) is 0.692. The molecule has 0 radical (unpaired) electrons. The summed E-state index contributed by atoms with van der Waals surface area (Å²) in [7, 11) is 0. The SMILES string of the molecule is CCc1nnc(NCC(CC)CC(=O)O)nc1CC. The van der Waals surface area contributed by atoms with Crippen molar-refractivity contribution in [3.8, 4) is 0 Å². The standard InChI is InChI=1S/C13H22N4O2/c1-4-9(7-12(18)19)8-14-13-15-10(5-2)11(6-3)16-17-13/h9H,4-8H2,1-3H3,(H,18,19)(H,14,15,17). The van der Waals surface area contributed by atoms with Gasteiger partial charge in [0.2, 0.25) is 5.95 Å². The summed E-state index contributed by atoms with van der Waals surface area (Å²) in [5.74, 6) is -0.210. The Hall–Kier alpha value is -1.72. The Bertz CT molecular complexity index is 423. The van der Waals surface area contributed by atoms with E-state index in [0.717, 1.165) is 30.7 Å². The number of nitrogens with zero attached hydrogens (tertiary/aromatic N) is 3. The highest BCUT2D eigenvalue weighted by Crippen LogP contribution is 2.11. The molecule has 1 atom stereocenters. The van der Waals surface area contributed by atoms with Gasteiger partial charge in [-0.3, -0.25) is 4.79 Å². The Kier molecular flexibility index (Phi) is 6.18. The number of rotatable bonds is 8. The molecule has 0 bridgehead atoms. The fourth-order valence-electron chi connectivity index (χ4n) is 1.86. The van der Waals surface area contributed by atoms with E-state index in [0.29, 0.717) is 12.5 Å². The number of nitrogens with one attached hydrogen (secondary N) is 1. The van der Waals surface area contributed by atoms with Gasteiger partial charge in [0.15, 0.2) is 0 Å². The largest absolute Gasteiger partial charge is 0.481 e. The van der Waals surface area contributed by atoms with Crippen LogP contribution in [0.2, 0.25) is 0 Å². The van der Waals surface area contributed by atoms with E-state index >= 15 is 0 Å². The third kappa shape index (κ3) is 4.81. The average Bonchev–Trinajstić information content (AvgIpc) is 2.42. The number of aryl methyl sites for hydroxylation is 2. The van der Waals surface area contributed by atoms with E-state index in [-0.39, 0.29) is 12.3 Å².